The number of carbonyl (C=O) groups excluding carboxylic acids is 1. The first-order valence-corrected chi connectivity index (χ1v) is 7.50. The number of hydrogen-bond donors (Lipinski definition) is 2. The van der Waals surface area contributed by atoms with Crippen LogP contribution < -0.4 is 5.32 Å². The summed E-state index contributed by atoms with van der Waals surface area (Å²) in [5.74, 6) is 5.81. The third-order valence-corrected chi connectivity index (χ3v) is 3.91. The predicted octanol–water partition coefficient (Wildman–Crippen LogP) is 3.35. The van der Waals surface area contributed by atoms with Gasteiger partial charge in [-0.1, -0.05) is 11.8 Å². The van der Waals surface area contributed by atoms with E-state index in [1.54, 1.807) is 0 Å². The van der Waals surface area contributed by atoms with Gasteiger partial charge in [-0.2, -0.15) is 0 Å². The standard InChI is InChI=1S/C17H17NO2S/c1-12-11-15(8-7-14(12)5-3-4-10-19)18-17(20)16-9-6-13(2)21-16/h6-9,11,19H,4,10H2,1-2H3,(H,18,20). The molecule has 0 unspecified atom stereocenters. The molecule has 0 spiro atoms. The van der Waals surface area contributed by atoms with Crippen molar-refractivity contribution in [3.05, 3.63) is 51.2 Å². The number of amides is 1. The summed E-state index contributed by atoms with van der Waals surface area (Å²) in [6, 6.07) is 9.40. The summed E-state index contributed by atoms with van der Waals surface area (Å²) >= 11 is 1.48. The van der Waals surface area contributed by atoms with E-state index in [0.29, 0.717) is 11.3 Å². The van der Waals surface area contributed by atoms with Crippen molar-refractivity contribution in [3.63, 3.8) is 0 Å². The molecule has 4 heteroatoms. The number of anilines is 1. The highest BCUT2D eigenvalue weighted by Gasteiger charge is 2.08. The zero-order chi connectivity index (χ0) is 15.2. The molecule has 1 heterocycles. The van der Waals surface area contributed by atoms with Crippen molar-refractivity contribution in [2.75, 3.05) is 11.9 Å². The van der Waals surface area contributed by atoms with Crippen molar-refractivity contribution in [1.82, 2.24) is 0 Å². The van der Waals surface area contributed by atoms with E-state index in [0.717, 1.165) is 21.7 Å². The summed E-state index contributed by atoms with van der Waals surface area (Å²) < 4.78 is 0. The van der Waals surface area contributed by atoms with Crippen molar-refractivity contribution in [2.24, 2.45) is 0 Å². The van der Waals surface area contributed by atoms with Crippen LogP contribution in [0.25, 0.3) is 0 Å². The lowest BCUT2D eigenvalue weighted by molar-refractivity contribution is 0.103. The summed E-state index contributed by atoms with van der Waals surface area (Å²) in [5, 5.41) is 11.6. The third-order valence-electron chi connectivity index (χ3n) is 2.91. The highest BCUT2D eigenvalue weighted by Crippen LogP contribution is 2.19. The van der Waals surface area contributed by atoms with E-state index in [9.17, 15) is 4.79 Å². The van der Waals surface area contributed by atoms with Crippen LogP contribution in [0.2, 0.25) is 0 Å². The Labute approximate surface area is 128 Å². The van der Waals surface area contributed by atoms with Crippen LogP contribution in [0.4, 0.5) is 5.69 Å². The zero-order valence-electron chi connectivity index (χ0n) is 12.1. The van der Waals surface area contributed by atoms with Gasteiger partial charge in [-0.3, -0.25) is 4.79 Å². The zero-order valence-corrected chi connectivity index (χ0v) is 12.9. The van der Waals surface area contributed by atoms with Crippen LogP contribution in [-0.2, 0) is 0 Å². The summed E-state index contributed by atoms with van der Waals surface area (Å²) in [4.78, 5) is 13.9. The van der Waals surface area contributed by atoms with E-state index >= 15 is 0 Å². The van der Waals surface area contributed by atoms with Gasteiger partial charge in [0.25, 0.3) is 5.91 Å². The average molecular weight is 299 g/mol. The number of hydrogen-bond acceptors (Lipinski definition) is 3. The number of aliphatic hydroxyl groups excluding tert-OH is 1. The molecule has 1 aromatic heterocycles. The Morgan fingerprint density at radius 2 is 2.10 bits per heavy atom. The summed E-state index contributed by atoms with van der Waals surface area (Å²) in [5.41, 5.74) is 2.67. The maximum absolute atomic E-state index is 12.1. The lowest BCUT2D eigenvalue weighted by atomic mass is 10.1. The predicted molar refractivity (Wildman–Crippen MR) is 86.8 cm³/mol. The number of thiophene rings is 1. The van der Waals surface area contributed by atoms with Gasteiger partial charge >= 0.3 is 0 Å². The van der Waals surface area contributed by atoms with Crippen LogP contribution in [0.3, 0.4) is 0 Å². The van der Waals surface area contributed by atoms with Gasteiger partial charge in [-0.15, -0.1) is 11.3 Å². The van der Waals surface area contributed by atoms with Gasteiger partial charge in [-0.05, 0) is 49.7 Å². The molecule has 0 saturated carbocycles. The number of aliphatic hydroxyl groups is 1. The van der Waals surface area contributed by atoms with Gasteiger partial charge in [-0.25, -0.2) is 0 Å². The van der Waals surface area contributed by atoms with Gasteiger partial charge in [0.1, 0.15) is 0 Å². The Morgan fingerprint density at radius 3 is 2.71 bits per heavy atom. The molecule has 108 valence electrons. The molecular weight excluding hydrogens is 282 g/mol. The first kappa shape index (κ1) is 15.3. The molecule has 0 atom stereocenters. The maximum atomic E-state index is 12.1. The first-order valence-electron chi connectivity index (χ1n) is 6.68. The van der Waals surface area contributed by atoms with Crippen molar-refractivity contribution >= 4 is 22.9 Å². The van der Waals surface area contributed by atoms with Crippen LogP contribution in [0.15, 0.2) is 30.3 Å². The topological polar surface area (TPSA) is 49.3 Å². The van der Waals surface area contributed by atoms with E-state index < -0.39 is 0 Å². The van der Waals surface area contributed by atoms with Crippen molar-refractivity contribution in [2.45, 2.75) is 20.3 Å². The van der Waals surface area contributed by atoms with Crippen LogP contribution in [0.5, 0.6) is 0 Å². The molecule has 2 N–H and O–H groups in total. The SMILES string of the molecule is Cc1ccc(C(=O)Nc2ccc(C#CCCO)c(C)c2)s1. The van der Waals surface area contributed by atoms with Crippen LogP contribution >= 0.6 is 11.3 Å². The molecule has 0 bridgehead atoms. The van der Waals surface area contributed by atoms with E-state index in [-0.39, 0.29) is 12.5 Å². The van der Waals surface area contributed by atoms with E-state index in [1.807, 2.05) is 44.2 Å². The molecule has 0 aliphatic carbocycles. The Kier molecular flexibility index (Phi) is 5.15. The third kappa shape index (κ3) is 4.19. The maximum Gasteiger partial charge on any atom is 0.265 e. The average Bonchev–Trinajstić information content (AvgIpc) is 2.88. The van der Waals surface area contributed by atoms with Gasteiger partial charge in [0.2, 0.25) is 0 Å². The van der Waals surface area contributed by atoms with Crippen molar-refractivity contribution in [1.29, 1.82) is 0 Å². The van der Waals surface area contributed by atoms with Crippen molar-refractivity contribution < 1.29 is 9.90 Å². The second-order valence-corrected chi connectivity index (χ2v) is 5.96. The molecule has 0 radical (unpaired) electrons. The summed E-state index contributed by atoms with van der Waals surface area (Å²) in [6.45, 7) is 4.00. The van der Waals surface area contributed by atoms with Crippen molar-refractivity contribution in [3.8, 4) is 11.8 Å². The number of aryl methyl sites for hydroxylation is 2. The van der Waals surface area contributed by atoms with Crippen LogP contribution in [0, 0.1) is 25.7 Å². The second-order valence-electron chi connectivity index (χ2n) is 4.67. The Morgan fingerprint density at radius 1 is 1.29 bits per heavy atom. The number of carbonyl (C=O) groups is 1. The summed E-state index contributed by atoms with van der Waals surface area (Å²) in [7, 11) is 0. The fourth-order valence-electron chi connectivity index (χ4n) is 1.84. The molecule has 2 rings (SSSR count). The molecule has 21 heavy (non-hydrogen) atoms. The van der Waals surface area contributed by atoms with Crippen LogP contribution in [-0.4, -0.2) is 17.6 Å². The van der Waals surface area contributed by atoms with E-state index in [1.165, 1.54) is 11.3 Å². The fraction of sp³-hybridized carbons (Fsp3) is 0.235. The Balaban J connectivity index is 2.10. The normalized spacial score (nSPS) is 9.86. The van der Waals surface area contributed by atoms with E-state index in [4.69, 9.17) is 5.11 Å². The van der Waals surface area contributed by atoms with Gasteiger partial charge in [0, 0.05) is 22.5 Å². The molecule has 3 nitrogen and oxygen atoms in total. The lowest BCUT2D eigenvalue weighted by Gasteiger charge is -2.06. The highest BCUT2D eigenvalue weighted by molar-refractivity contribution is 7.14. The molecule has 1 amide bonds. The minimum absolute atomic E-state index is 0.0699. The molecule has 0 aliphatic heterocycles. The minimum Gasteiger partial charge on any atom is -0.395 e. The highest BCUT2D eigenvalue weighted by atomic mass is 32.1. The molecule has 0 aliphatic rings. The number of nitrogens with one attached hydrogen (secondary N) is 1. The Bertz CT molecular complexity index is 707. The second kappa shape index (κ2) is 7.07. The quantitative estimate of drug-likeness (QED) is 0.854. The van der Waals surface area contributed by atoms with Crippen LogP contribution in [0.1, 0.15) is 32.1 Å². The molecule has 0 saturated heterocycles. The minimum atomic E-state index is -0.0911. The fourth-order valence-corrected chi connectivity index (χ4v) is 2.61. The molecule has 0 fully saturated rings. The number of benzene rings is 1. The van der Waals surface area contributed by atoms with E-state index in [2.05, 4.69) is 17.2 Å². The molecular formula is C17H17NO2S. The van der Waals surface area contributed by atoms with Gasteiger partial charge < -0.3 is 10.4 Å². The summed E-state index contributed by atoms with van der Waals surface area (Å²) in [6.07, 6.45) is 0.468. The Hall–Kier alpha value is -2.09. The van der Waals surface area contributed by atoms with Gasteiger partial charge in [0.15, 0.2) is 0 Å². The smallest absolute Gasteiger partial charge is 0.265 e. The lowest BCUT2D eigenvalue weighted by Crippen LogP contribution is -2.10. The van der Waals surface area contributed by atoms with Gasteiger partial charge in [0.05, 0.1) is 11.5 Å². The number of rotatable bonds is 3. The molecule has 1 aromatic carbocycles. The monoisotopic (exact) mass is 299 g/mol. The largest absolute Gasteiger partial charge is 0.395 e. The first-order chi connectivity index (χ1) is 10.1. The molecule has 2 aromatic rings.